The molecule has 3 aromatic carbocycles. The summed E-state index contributed by atoms with van der Waals surface area (Å²) in [5.74, 6) is -0.137. The number of carboxylic acid groups (broad SMARTS) is 1. The SMILES string of the molecule is Cc1cc(OCCCc2c3n(c4c(-c5c(C)ncnc5C)c(Cl)ccc24)CCCN(c2ccnc4ccc(C(=O)O)cc24)C3)cc(C)c1Cl. The number of fused-ring (bicyclic) bond motifs is 4. The second-order valence-corrected chi connectivity index (χ2v) is 13.6. The summed E-state index contributed by atoms with van der Waals surface area (Å²) >= 11 is 13.5. The molecule has 0 saturated carbocycles. The van der Waals surface area contributed by atoms with Crippen molar-refractivity contribution < 1.29 is 14.6 Å². The Kier molecular flexibility index (Phi) is 8.94. The van der Waals surface area contributed by atoms with Gasteiger partial charge in [-0.25, -0.2) is 14.8 Å². The summed E-state index contributed by atoms with van der Waals surface area (Å²) in [5.41, 5.74) is 11.2. The van der Waals surface area contributed by atoms with Crippen LogP contribution in [0.4, 0.5) is 5.69 Å². The number of halogens is 2. The standard InChI is InChI=1S/C39H37Cl2N5O3/c1-22-17-27(18-23(2)37(22)41)49-16-5-7-28-29-9-10-31(40)36(35-24(3)43-21-44-25(35)4)38(29)46-15-6-14-45(20-34(28)46)33-12-13-42-32-11-8-26(39(47)48)19-30(32)33/h8-13,17-19,21H,5-7,14-16,20H2,1-4H3,(H,47,48). The molecule has 0 unspecified atom stereocenters. The van der Waals surface area contributed by atoms with Crippen LogP contribution in [0.5, 0.6) is 5.75 Å². The second-order valence-electron chi connectivity index (χ2n) is 12.8. The van der Waals surface area contributed by atoms with E-state index in [9.17, 15) is 9.90 Å². The zero-order chi connectivity index (χ0) is 34.4. The number of carbonyl (C=O) groups is 1. The summed E-state index contributed by atoms with van der Waals surface area (Å²) in [7, 11) is 0. The van der Waals surface area contributed by atoms with Gasteiger partial charge in [-0.15, -0.1) is 0 Å². The summed E-state index contributed by atoms with van der Waals surface area (Å²) < 4.78 is 8.69. The van der Waals surface area contributed by atoms with Gasteiger partial charge >= 0.3 is 5.97 Å². The van der Waals surface area contributed by atoms with E-state index < -0.39 is 5.97 Å². The topological polar surface area (TPSA) is 93.4 Å². The predicted octanol–water partition coefficient (Wildman–Crippen LogP) is 9.31. The van der Waals surface area contributed by atoms with Crippen LogP contribution in [0.15, 0.2) is 61.1 Å². The number of aromatic nitrogens is 4. The van der Waals surface area contributed by atoms with E-state index in [-0.39, 0.29) is 5.56 Å². The highest BCUT2D eigenvalue weighted by Gasteiger charge is 2.27. The average molecular weight is 695 g/mol. The normalized spacial score (nSPS) is 13.1. The van der Waals surface area contributed by atoms with Crippen molar-refractivity contribution in [3.05, 3.63) is 110 Å². The van der Waals surface area contributed by atoms with Crippen molar-refractivity contribution in [1.29, 1.82) is 0 Å². The summed E-state index contributed by atoms with van der Waals surface area (Å²) in [6.45, 7) is 10.8. The molecule has 49 heavy (non-hydrogen) atoms. The lowest BCUT2D eigenvalue weighted by Gasteiger charge is -2.25. The summed E-state index contributed by atoms with van der Waals surface area (Å²) in [4.78, 5) is 27.9. The number of aromatic carboxylic acids is 1. The molecular weight excluding hydrogens is 657 g/mol. The fourth-order valence-corrected chi connectivity index (χ4v) is 7.65. The lowest BCUT2D eigenvalue weighted by molar-refractivity contribution is 0.0697. The largest absolute Gasteiger partial charge is 0.494 e. The first-order chi connectivity index (χ1) is 23.6. The lowest BCUT2D eigenvalue weighted by atomic mass is 9.97. The summed E-state index contributed by atoms with van der Waals surface area (Å²) in [6, 6.07) is 15.2. The van der Waals surface area contributed by atoms with E-state index >= 15 is 0 Å². The summed E-state index contributed by atoms with van der Waals surface area (Å²) in [6.07, 6.45) is 5.88. The van der Waals surface area contributed by atoms with Gasteiger partial charge in [0, 0.05) is 69.0 Å². The van der Waals surface area contributed by atoms with Crippen LogP contribution in [-0.2, 0) is 19.5 Å². The smallest absolute Gasteiger partial charge is 0.335 e. The molecule has 0 fully saturated rings. The molecule has 7 rings (SSSR count). The molecule has 1 aliphatic rings. The zero-order valence-electron chi connectivity index (χ0n) is 28.0. The number of carboxylic acids is 1. The van der Waals surface area contributed by atoms with Gasteiger partial charge in [0.15, 0.2) is 0 Å². The van der Waals surface area contributed by atoms with E-state index in [1.54, 1.807) is 30.7 Å². The Hall–Kier alpha value is -4.66. The van der Waals surface area contributed by atoms with Crippen molar-refractivity contribution in [2.24, 2.45) is 0 Å². The van der Waals surface area contributed by atoms with Crippen molar-refractivity contribution in [1.82, 2.24) is 19.5 Å². The molecule has 3 aromatic heterocycles. The maximum absolute atomic E-state index is 11.9. The van der Waals surface area contributed by atoms with Crippen molar-refractivity contribution in [3.8, 4) is 16.9 Å². The van der Waals surface area contributed by atoms with E-state index in [4.69, 9.17) is 27.9 Å². The molecule has 0 aliphatic carbocycles. The molecule has 0 atom stereocenters. The van der Waals surface area contributed by atoms with E-state index in [1.165, 1.54) is 11.3 Å². The first-order valence-electron chi connectivity index (χ1n) is 16.5. The Balaban J connectivity index is 1.34. The van der Waals surface area contributed by atoms with E-state index in [0.29, 0.717) is 18.2 Å². The fraction of sp³-hybridized carbons (Fsp3) is 0.282. The van der Waals surface area contributed by atoms with Gasteiger partial charge in [-0.2, -0.15) is 0 Å². The third kappa shape index (κ3) is 6.08. The molecule has 6 aromatic rings. The predicted molar refractivity (Wildman–Crippen MR) is 197 cm³/mol. The molecule has 4 heterocycles. The summed E-state index contributed by atoms with van der Waals surface area (Å²) in [5, 5.41) is 13.2. The number of rotatable bonds is 8. The monoisotopic (exact) mass is 693 g/mol. The van der Waals surface area contributed by atoms with Crippen LogP contribution in [0.2, 0.25) is 10.0 Å². The first-order valence-corrected chi connectivity index (χ1v) is 17.3. The molecule has 0 amide bonds. The van der Waals surface area contributed by atoms with Crippen LogP contribution in [0.25, 0.3) is 32.9 Å². The van der Waals surface area contributed by atoms with Crippen molar-refractivity contribution in [3.63, 3.8) is 0 Å². The molecule has 1 aliphatic heterocycles. The zero-order valence-corrected chi connectivity index (χ0v) is 29.5. The van der Waals surface area contributed by atoms with Gasteiger partial charge in [0.05, 0.1) is 34.8 Å². The van der Waals surface area contributed by atoms with Crippen molar-refractivity contribution >= 4 is 56.7 Å². The van der Waals surface area contributed by atoms with Gasteiger partial charge < -0.3 is 19.3 Å². The van der Waals surface area contributed by atoms with Crippen molar-refractivity contribution in [2.45, 2.75) is 60.0 Å². The molecule has 8 nitrogen and oxygen atoms in total. The quantitative estimate of drug-likeness (QED) is 0.159. The van der Waals surface area contributed by atoms with E-state index in [0.717, 1.165) is 104 Å². The average Bonchev–Trinajstić information content (AvgIpc) is 3.20. The lowest BCUT2D eigenvalue weighted by Crippen LogP contribution is -2.23. The molecule has 0 spiro atoms. The van der Waals surface area contributed by atoms with Gasteiger partial charge in [0.25, 0.3) is 0 Å². The number of hydrogen-bond donors (Lipinski definition) is 1. The highest BCUT2D eigenvalue weighted by Crippen LogP contribution is 2.43. The maximum atomic E-state index is 11.9. The number of ether oxygens (including phenoxy) is 1. The molecule has 0 saturated heterocycles. The second kappa shape index (κ2) is 13.3. The van der Waals surface area contributed by atoms with Crippen molar-refractivity contribution in [2.75, 3.05) is 18.1 Å². The number of nitrogens with zero attached hydrogens (tertiary/aromatic N) is 5. The maximum Gasteiger partial charge on any atom is 0.335 e. The number of benzene rings is 3. The van der Waals surface area contributed by atoms with E-state index in [2.05, 4.69) is 30.5 Å². The highest BCUT2D eigenvalue weighted by molar-refractivity contribution is 6.35. The Labute approximate surface area is 295 Å². The Morgan fingerprint density at radius 2 is 1.65 bits per heavy atom. The van der Waals surface area contributed by atoms with Gasteiger partial charge in [-0.05, 0) is 106 Å². The van der Waals surface area contributed by atoms with Gasteiger partial charge in [0.2, 0.25) is 0 Å². The van der Waals surface area contributed by atoms with Crippen LogP contribution in [0.1, 0.15) is 57.0 Å². The minimum atomic E-state index is -0.957. The van der Waals surface area contributed by atoms with E-state index in [1.807, 2.05) is 52.0 Å². The fourth-order valence-electron chi connectivity index (χ4n) is 7.30. The third-order valence-corrected chi connectivity index (χ3v) is 10.5. The van der Waals surface area contributed by atoms with Crippen LogP contribution >= 0.6 is 23.2 Å². The van der Waals surface area contributed by atoms with Crippen LogP contribution in [0, 0.1) is 27.7 Å². The first kappa shape index (κ1) is 32.9. The third-order valence-electron chi connectivity index (χ3n) is 9.58. The molecular formula is C39H37Cl2N5O3. The van der Waals surface area contributed by atoms with Gasteiger partial charge in [-0.3, -0.25) is 4.98 Å². The molecule has 0 radical (unpaired) electrons. The molecule has 250 valence electrons. The molecule has 0 bridgehead atoms. The number of aryl methyl sites for hydroxylation is 6. The molecule has 10 heteroatoms. The van der Waals surface area contributed by atoms with Crippen LogP contribution < -0.4 is 9.64 Å². The van der Waals surface area contributed by atoms with Gasteiger partial charge in [-0.1, -0.05) is 29.3 Å². The number of anilines is 1. The number of pyridine rings is 1. The Morgan fingerprint density at radius 3 is 2.39 bits per heavy atom. The minimum absolute atomic E-state index is 0.243. The van der Waals surface area contributed by atoms with Gasteiger partial charge in [0.1, 0.15) is 12.1 Å². The van der Waals surface area contributed by atoms with Crippen LogP contribution in [-0.4, -0.2) is 43.7 Å². The Morgan fingerprint density at radius 1 is 0.898 bits per heavy atom. The number of hydrogen-bond acceptors (Lipinski definition) is 6. The minimum Gasteiger partial charge on any atom is -0.494 e. The molecule has 1 N–H and O–H groups in total. The Bertz CT molecular complexity index is 2220. The highest BCUT2D eigenvalue weighted by atomic mass is 35.5. The van der Waals surface area contributed by atoms with Crippen LogP contribution in [0.3, 0.4) is 0 Å².